The lowest BCUT2D eigenvalue weighted by Gasteiger charge is -2.29. The van der Waals surface area contributed by atoms with E-state index >= 15 is 0 Å². The maximum absolute atomic E-state index is 14.7. The smallest absolute Gasteiger partial charge is 0.251 e. The van der Waals surface area contributed by atoms with Crippen molar-refractivity contribution in [1.29, 1.82) is 0 Å². The summed E-state index contributed by atoms with van der Waals surface area (Å²) in [7, 11) is -4.51. The monoisotopic (exact) mass is 593 g/mol. The molecule has 1 saturated carbocycles. The lowest BCUT2D eigenvalue weighted by Crippen LogP contribution is -2.30. The van der Waals surface area contributed by atoms with E-state index in [9.17, 15) is 22.0 Å². The van der Waals surface area contributed by atoms with Gasteiger partial charge in [0.25, 0.3) is 5.91 Å². The first-order valence-corrected chi connectivity index (χ1v) is 15.1. The van der Waals surface area contributed by atoms with Crippen molar-refractivity contribution in [2.75, 3.05) is 24.7 Å². The summed E-state index contributed by atoms with van der Waals surface area (Å²) < 4.78 is 64.8. The number of rotatable bonds is 5. The fourth-order valence-electron chi connectivity index (χ4n) is 5.12. The quantitative estimate of drug-likeness (QED) is 0.364. The van der Waals surface area contributed by atoms with E-state index in [1.807, 2.05) is 29.2 Å². The summed E-state index contributed by atoms with van der Waals surface area (Å²) in [6.45, 7) is -0.0744. The van der Waals surface area contributed by atoms with Gasteiger partial charge in [0.15, 0.2) is 11.6 Å². The molecule has 0 bridgehead atoms. The van der Waals surface area contributed by atoms with E-state index < -0.39 is 45.2 Å². The molecule has 7 rings (SSSR count). The van der Waals surface area contributed by atoms with Crippen molar-refractivity contribution >= 4 is 38.3 Å². The molecule has 5 heterocycles. The minimum absolute atomic E-state index is 0.0341. The number of anilines is 2. The summed E-state index contributed by atoms with van der Waals surface area (Å²) in [5, 5.41) is 3.42. The lowest BCUT2D eigenvalue weighted by atomic mass is 10.1. The topological polar surface area (TPSA) is 124 Å². The van der Waals surface area contributed by atoms with Gasteiger partial charge >= 0.3 is 0 Å². The number of alkyl halides is 1. The van der Waals surface area contributed by atoms with Gasteiger partial charge in [-0.3, -0.25) is 9.78 Å². The van der Waals surface area contributed by atoms with Gasteiger partial charge in [0.1, 0.15) is 18.2 Å². The molecular formula is C29H25F2N5O5S. The number of amides is 1. The van der Waals surface area contributed by atoms with E-state index in [1.54, 1.807) is 12.3 Å². The van der Waals surface area contributed by atoms with Gasteiger partial charge < -0.3 is 19.7 Å². The predicted octanol–water partition coefficient (Wildman–Crippen LogP) is 4.10. The molecule has 4 aromatic rings. The van der Waals surface area contributed by atoms with E-state index in [0.29, 0.717) is 41.8 Å². The van der Waals surface area contributed by atoms with Crippen LogP contribution in [0.2, 0.25) is 0 Å². The highest BCUT2D eigenvalue weighted by Crippen LogP contribution is 2.42. The van der Waals surface area contributed by atoms with Crippen LogP contribution in [0.15, 0.2) is 53.6 Å². The molecule has 13 heteroatoms. The van der Waals surface area contributed by atoms with Crippen LogP contribution in [0.4, 0.5) is 20.4 Å². The third kappa shape index (κ3) is 4.81. The van der Waals surface area contributed by atoms with Crippen molar-refractivity contribution in [3.8, 4) is 5.75 Å². The number of carbonyl (C=O) groups excluding carboxylic acids is 1. The first-order valence-electron chi connectivity index (χ1n) is 13.5. The molecule has 0 unspecified atom stereocenters. The molecule has 1 aromatic carbocycles. The van der Waals surface area contributed by atoms with Crippen molar-refractivity contribution in [3.63, 3.8) is 0 Å². The van der Waals surface area contributed by atoms with Crippen molar-refractivity contribution in [2.24, 2.45) is 0 Å². The second-order valence-corrected chi connectivity index (χ2v) is 12.5. The number of aromatic nitrogens is 3. The summed E-state index contributed by atoms with van der Waals surface area (Å²) in [5.74, 6) is 0.944. The van der Waals surface area contributed by atoms with Gasteiger partial charge in [-0.15, -0.1) is 0 Å². The van der Waals surface area contributed by atoms with Gasteiger partial charge in [0.2, 0.25) is 15.3 Å². The zero-order valence-electron chi connectivity index (χ0n) is 22.2. The van der Waals surface area contributed by atoms with Gasteiger partial charge in [-0.2, -0.15) is 0 Å². The Morgan fingerprint density at radius 2 is 1.98 bits per heavy atom. The highest BCUT2D eigenvalue weighted by atomic mass is 32.2. The SMILES string of the molecule is O=C(NCc1cc2nc(N3CCOc4ccc(C5CC5)nc43)ccc2cn1)c1cc(F)c2c(c1)S(=O)(=O)[C@@H](F)COC2. The molecule has 0 saturated heterocycles. The predicted molar refractivity (Wildman–Crippen MR) is 148 cm³/mol. The Morgan fingerprint density at radius 3 is 2.81 bits per heavy atom. The fourth-order valence-corrected chi connectivity index (χ4v) is 6.47. The van der Waals surface area contributed by atoms with Crippen LogP contribution in [-0.2, 0) is 27.7 Å². The Labute approximate surface area is 239 Å². The standard InChI is InChI=1S/C29H25F2N5O5S/c30-21-9-18(10-25-20(21)14-40-15-26(31)42(25,38)39)29(37)33-13-19-11-23-17(12-32-19)3-6-27(34-23)36-7-8-41-24-5-4-22(16-1-2-16)35-28(24)36/h3-6,9-12,16,26H,1-2,7-8,13-15H2,(H,33,37)/t26-/m1/s1. The highest BCUT2D eigenvalue weighted by Gasteiger charge is 2.35. The number of carbonyl (C=O) groups is 1. The maximum atomic E-state index is 14.7. The number of halogens is 2. The van der Waals surface area contributed by atoms with Gasteiger partial charge in [-0.05, 0) is 55.3 Å². The molecule has 1 N–H and O–H groups in total. The summed E-state index contributed by atoms with van der Waals surface area (Å²) >= 11 is 0. The number of ether oxygens (including phenoxy) is 2. The van der Waals surface area contributed by atoms with Crippen molar-refractivity contribution in [3.05, 3.63) is 77.0 Å². The average Bonchev–Trinajstić information content (AvgIpc) is 3.85. The van der Waals surface area contributed by atoms with Crippen LogP contribution in [-0.4, -0.2) is 54.5 Å². The third-order valence-electron chi connectivity index (χ3n) is 7.56. The second kappa shape index (κ2) is 10.2. The normalized spacial score (nSPS) is 19.4. The largest absolute Gasteiger partial charge is 0.488 e. The summed E-state index contributed by atoms with van der Waals surface area (Å²) in [4.78, 5) is 28.4. The second-order valence-electron chi connectivity index (χ2n) is 10.5. The first kappa shape index (κ1) is 26.7. The van der Waals surface area contributed by atoms with Crippen LogP contribution in [0.5, 0.6) is 5.75 Å². The van der Waals surface area contributed by atoms with Crippen LogP contribution in [0, 0.1) is 5.82 Å². The maximum Gasteiger partial charge on any atom is 0.251 e. The van der Waals surface area contributed by atoms with Gasteiger partial charge in [-0.1, -0.05) is 0 Å². The number of fused-ring (bicyclic) bond motifs is 3. The number of nitrogens with one attached hydrogen (secondary N) is 1. The van der Waals surface area contributed by atoms with Gasteiger partial charge in [0, 0.05) is 34.3 Å². The average molecular weight is 594 g/mol. The lowest BCUT2D eigenvalue weighted by molar-refractivity contribution is 0.0938. The molecular weight excluding hydrogens is 568 g/mol. The summed E-state index contributed by atoms with van der Waals surface area (Å²) in [6, 6.07) is 11.4. The number of hydrogen-bond acceptors (Lipinski definition) is 9. The number of sulfone groups is 1. The van der Waals surface area contributed by atoms with E-state index in [0.717, 1.165) is 41.9 Å². The molecule has 3 aromatic heterocycles. The van der Waals surface area contributed by atoms with E-state index in [2.05, 4.69) is 10.3 Å². The number of benzene rings is 1. The molecule has 1 atom stereocenters. The molecule has 1 amide bonds. The Kier molecular flexibility index (Phi) is 6.50. The molecule has 10 nitrogen and oxygen atoms in total. The van der Waals surface area contributed by atoms with Crippen LogP contribution in [0.25, 0.3) is 10.9 Å². The Morgan fingerprint density at radius 1 is 1.12 bits per heavy atom. The Bertz CT molecular complexity index is 1850. The molecule has 1 aliphatic carbocycles. The Hall–Kier alpha value is -4.23. The van der Waals surface area contributed by atoms with Crippen molar-refractivity contribution < 1.29 is 31.5 Å². The number of nitrogens with zero attached hydrogens (tertiary/aromatic N) is 4. The van der Waals surface area contributed by atoms with Crippen LogP contribution in [0.3, 0.4) is 0 Å². The summed E-state index contributed by atoms with van der Waals surface area (Å²) in [6.07, 6.45) is 3.92. The van der Waals surface area contributed by atoms with Crippen LogP contribution in [0.1, 0.15) is 46.1 Å². The number of hydrogen-bond donors (Lipinski definition) is 1. The Balaban J connectivity index is 1.12. The van der Waals surface area contributed by atoms with Crippen LogP contribution >= 0.6 is 0 Å². The molecule has 42 heavy (non-hydrogen) atoms. The molecule has 1 fully saturated rings. The highest BCUT2D eigenvalue weighted by molar-refractivity contribution is 7.92. The molecule has 0 radical (unpaired) electrons. The molecule has 0 spiro atoms. The molecule has 216 valence electrons. The minimum Gasteiger partial charge on any atom is -0.488 e. The van der Waals surface area contributed by atoms with Crippen molar-refractivity contribution in [2.45, 2.75) is 42.3 Å². The molecule has 3 aliphatic rings. The third-order valence-corrected chi connectivity index (χ3v) is 9.35. The number of pyridine rings is 3. The van der Waals surface area contributed by atoms with Crippen molar-refractivity contribution in [1.82, 2.24) is 20.3 Å². The summed E-state index contributed by atoms with van der Waals surface area (Å²) in [5.41, 5.74) is -0.720. The zero-order chi connectivity index (χ0) is 29.0. The fraction of sp³-hybridized carbons (Fsp3) is 0.310. The molecule has 2 aliphatic heterocycles. The van der Waals surface area contributed by atoms with Gasteiger partial charge in [0.05, 0.1) is 42.4 Å². The first-order chi connectivity index (χ1) is 20.3. The van der Waals surface area contributed by atoms with Crippen LogP contribution < -0.4 is 15.0 Å². The van der Waals surface area contributed by atoms with E-state index in [1.165, 1.54) is 0 Å². The minimum atomic E-state index is -4.51. The van der Waals surface area contributed by atoms with E-state index in [4.69, 9.17) is 19.4 Å². The van der Waals surface area contributed by atoms with Gasteiger partial charge in [-0.25, -0.2) is 27.2 Å². The zero-order valence-corrected chi connectivity index (χ0v) is 23.0. The van der Waals surface area contributed by atoms with E-state index in [-0.39, 0.29) is 17.7 Å².